The zero-order chi connectivity index (χ0) is 17.0. The van der Waals surface area contributed by atoms with Gasteiger partial charge in [-0.25, -0.2) is 4.39 Å². The minimum atomic E-state index is -0.187. The fourth-order valence-corrected chi connectivity index (χ4v) is 2.93. The van der Waals surface area contributed by atoms with E-state index in [9.17, 15) is 4.39 Å². The van der Waals surface area contributed by atoms with Crippen molar-refractivity contribution in [1.29, 1.82) is 5.41 Å². The third-order valence-electron chi connectivity index (χ3n) is 3.62. The third-order valence-corrected chi connectivity index (χ3v) is 4.29. The number of hydrogen-bond donors (Lipinski definition) is 2. The van der Waals surface area contributed by atoms with E-state index >= 15 is 0 Å². The molecule has 0 amide bonds. The van der Waals surface area contributed by atoms with Crippen molar-refractivity contribution in [3.05, 3.63) is 64.5 Å². The first-order valence-electron chi connectivity index (χ1n) is 7.39. The molecule has 0 spiro atoms. The van der Waals surface area contributed by atoms with Crippen molar-refractivity contribution in [3.63, 3.8) is 0 Å². The molecule has 4 heteroatoms. The van der Waals surface area contributed by atoms with Gasteiger partial charge in [0.15, 0.2) is 5.17 Å². The van der Waals surface area contributed by atoms with Crippen molar-refractivity contribution in [2.45, 2.75) is 20.8 Å². The second kappa shape index (κ2) is 7.47. The van der Waals surface area contributed by atoms with Crippen molar-refractivity contribution < 1.29 is 4.39 Å². The average molecular weight is 328 g/mol. The van der Waals surface area contributed by atoms with Crippen LogP contribution in [0.4, 0.5) is 4.39 Å². The fraction of sp³-hybridized carbons (Fsp3) is 0.211. The molecule has 0 aliphatic carbocycles. The van der Waals surface area contributed by atoms with E-state index in [4.69, 9.17) is 11.1 Å². The first kappa shape index (κ1) is 17.3. The second-order valence-electron chi connectivity index (χ2n) is 5.58. The van der Waals surface area contributed by atoms with E-state index < -0.39 is 0 Å². The van der Waals surface area contributed by atoms with Crippen LogP contribution in [0.15, 0.2) is 36.4 Å². The monoisotopic (exact) mass is 328 g/mol. The summed E-state index contributed by atoms with van der Waals surface area (Å²) in [7, 11) is 0. The summed E-state index contributed by atoms with van der Waals surface area (Å²) in [5.41, 5.74) is 11.6. The summed E-state index contributed by atoms with van der Waals surface area (Å²) in [5.74, 6) is 0.470. The van der Waals surface area contributed by atoms with Crippen LogP contribution >= 0.6 is 11.8 Å². The van der Waals surface area contributed by atoms with Crippen LogP contribution < -0.4 is 5.73 Å². The number of benzene rings is 2. The summed E-state index contributed by atoms with van der Waals surface area (Å²) in [4.78, 5) is 0. The molecule has 23 heavy (non-hydrogen) atoms. The lowest BCUT2D eigenvalue weighted by atomic mass is 9.92. The first-order chi connectivity index (χ1) is 10.9. The summed E-state index contributed by atoms with van der Waals surface area (Å²) in [6.07, 6.45) is 4.06. The van der Waals surface area contributed by atoms with E-state index in [1.807, 2.05) is 18.2 Å². The van der Waals surface area contributed by atoms with Crippen molar-refractivity contribution in [3.8, 4) is 11.1 Å². The Bertz CT molecular complexity index is 766. The van der Waals surface area contributed by atoms with E-state index in [-0.39, 0.29) is 11.0 Å². The van der Waals surface area contributed by atoms with Crippen molar-refractivity contribution in [2.24, 2.45) is 5.73 Å². The molecule has 2 aromatic rings. The van der Waals surface area contributed by atoms with Crippen molar-refractivity contribution in [1.82, 2.24) is 0 Å². The maximum Gasteiger partial charge on any atom is 0.151 e. The third kappa shape index (κ3) is 4.45. The molecule has 0 aliphatic heterocycles. The van der Waals surface area contributed by atoms with Crippen LogP contribution in [-0.2, 0) is 0 Å². The highest BCUT2D eigenvalue weighted by atomic mass is 32.2. The van der Waals surface area contributed by atoms with Crippen molar-refractivity contribution >= 4 is 23.0 Å². The largest absolute Gasteiger partial charge is 0.379 e. The molecule has 0 bridgehead atoms. The number of rotatable bonds is 4. The zero-order valence-electron chi connectivity index (χ0n) is 13.6. The predicted octanol–water partition coefficient (Wildman–Crippen LogP) is 5.06. The number of nitrogens with two attached hydrogens (primary N) is 1. The standard InChI is InChI=1S/C19H21FN2S/c1-12-9-13(2)16(5-4-8-23-19(21)22)17(10-12)15-6-7-18(20)14(3)11-15/h4-7,9-11H,8H2,1-3H3,(H3,21,22). The molecule has 2 rings (SSSR count). The second-order valence-corrected chi connectivity index (χ2v) is 6.65. The SMILES string of the molecule is Cc1cc(C)c(C=CCSC(=N)N)c(-c2ccc(F)c(C)c2)c1. The van der Waals surface area contributed by atoms with Gasteiger partial charge in [-0.15, -0.1) is 0 Å². The zero-order valence-corrected chi connectivity index (χ0v) is 14.4. The molecule has 120 valence electrons. The Balaban J connectivity index is 2.45. The Labute approximate surface area is 141 Å². The molecular weight excluding hydrogens is 307 g/mol. The molecule has 0 saturated carbocycles. The van der Waals surface area contributed by atoms with Gasteiger partial charge in [0, 0.05) is 5.75 Å². The highest BCUT2D eigenvalue weighted by Crippen LogP contribution is 2.30. The molecule has 0 heterocycles. The van der Waals surface area contributed by atoms with Gasteiger partial charge < -0.3 is 5.73 Å². The Morgan fingerprint density at radius 1 is 1.17 bits per heavy atom. The quantitative estimate of drug-likeness (QED) is 0.609. The number of hydrogen-bond acceptors (Lipinski definition) is 2. The van der Waals surface area contributed by atoms with E-state index in [1.54, 1.807) is 6.92 Å². The van der Waals surface area contributed by atoms with Gasteiger partial charge in [0.2, 0.25) is 0 Å². The number of halogens is 1. The molecule has 3 N–H and O–H groups in total. The maximum absolute atomic E-state index is 13.5. The molecule has 2 aromatic carbocycles. The number of thioether (sulfide) groups is 1. The van der Waals surface area contributed by atoms with Gasteiger partial charge in [0.05, 0.1) is 0 Å². The summed E-state index contributed by atoms with van der Waals surface area (Å²) < 4.78 is 13.5. The molecular formula is C19H21FN2S. The van der Waals surface area contributed by atoms with Gasteiger partial charge in [0.25, 0.3) is 0 Å². The maximum atomic E-state index is 13.5. The van der Waals surface area contributed by atoms with Gasteiger partial charge in [-0.3, -0.25) is 5.41 Å². The number of amidine groups is 1. The van der Waals surface area contributed by atoms with Crippen LogP contribution in [0.2, 0.25) is 0 Å². The molecule has 0 aromatic heterocycles. The normalized spacial score (nSPS) is 11.1. The Morgan fingerprint density at radius 3 is 2.57 bits per heavy atom. The van der Waals surface area contributed by atoms with Crippen LogP contribution in [0.3, 0.4) is 0 Å². The summed E-state index contributed by atoms with van der Waals surface area (Å²) in [6, 6.07) is 9.47. The summed E-state index contributed by atoms with van der Waals surface area (Å²) in [6.45, 7) is 5.91. The van der Waals surface area contributed by atoms with Crippen LogP contribution in [-0.4, -0.2) is 10.9 Å². The molecule has 0 radical (unpaired) electrons. The fourth-order valence-electron chi connectivity index (χ4n) is 2.55. The lowest BCUT2D eigenvalue weighted by Gasteiger charge is -2.12. The van der Waals surface area contributed by atoms with Crippen LogP contribution in [0, 0.1) is 32.0 Å². The van der Waals surface area contributed by atoms with Gasteiger partial charge in [-0.1, -0.05) is 47.7 Å². The van der Waals surface area contributed by atoms with E-state index in [1.165, 1.54) is 29.0 Å². The minimum Gasteiger partial charge on any atom is -0.379 e. The Morgan fingerprint density at radius 2 is 1.91 bits per heavy atom. The smallest absolute Gasteiger partial charge is 0.151 e. The summed E-state index contributed by atoms with van der Waals surface area (Å²) >= 11 is 1.29. The molecule has 0 unspecified atom stereocenters. The molecule has 0 aliphatic rings. The number of nitrogens with one attached hydrogen (secondary N) is 1. The van der Waals surface area contributed by atoms with E-state index in [2.05, 4.69) is 32.1 Å². The molecule has 2 nitrogen and oxygen atoms in total. The van der Waals surface area contributed by atoms with Crippen molar-refractivity contribution in [2.75, 3.05) is 5.75 Å². The molecule has 0 saturated heterocycles. The van der Waals surface area contributed by atoms with Crippen LogP contribution in [0.1, 0.15) is 22.3 Å². The van der Waals surface area contributed by atoms with Gasteiger partial charge >= 0.3 is 0 Å². The Kier molecular flexibility index (Phi) is 5.61. The summed E-state index contributed by atoms with van der Waals surface area (Å²) in [5, 5.41) is 7.35. The van der Waals surface area contributed by atoms with Gasteiger partial charge in [-0.2, -0.15) is 0 Å². The van der Waals surface area contributed by atoms with Crippen LogP contribution in [0.5, 0.6) is 0 Å². The minimum absolute atomic E-state index is 0.115. The molecule has 0 atom stereocenters. The highest BCUT2D eigenvalue weighted by Gasteiger charge is 2.09. The van der Waals surface area contributed by atoms with Gasteiger partial charge in [-0.05, 0) is 60.7 Å². The van der Waals surface area contributed by atoms with Crippen LogP contribution in [0.25, 0.3) is 17.2 Å². The van der Waals surface area contributed by atoms with E-state index in [0.29, 0.717) is 11.3 Å². The average Bonchev–Trinajstić information content (AvgIpc) is 2.47. The lowest BCUT2D eigenvalue weighted by molar-refractivity contribution is 0.619. The topological polar surface area (TPSA) is 49.9 Å². The van der Waals surface area contributed by atoms with E-state index in [0.717, 1.165) is 16.7 Å². The van der Waals surface area contributed by atoms with Gasteiger partial charge in [0.1, 0.15) is 5.82 Å². The lowest BCUT2D eigenvalue weighted by Crippen LogP contribution is -2.03. The molecule has 0 fully saturated rings. The predicted molar refractivity (Wildman–Crippen MR) is 99.5 cm³/mol. The Hall–Kier alpha value is -2.07. The highest BCUT2D eigenvalue weighted by molar-refractivity contribution is 8.13. The number of aryl methyl sites for hydroxylation is 3. The first-order valence-corrected chi connectivity index (χ1v) is 8.38.